The predicted octanol–water partition coefficient (Wildman–Crippen LogP) is 1.83. The van der Waals surface area contributed by atoms with Gasteiger partial charge in [-0.25, -0.2) is 4.98 Å². The average Bonchev–Trinajstić information content (AvgIpc) is 2.69. The van der Waals surface area contributed by atoms with Crippen LogP contribution in [0.3, 0.4) is 0 Å². The zero-order chi connectivity index (χ0) is 20.0. The second-order valence-corrected chi connectivity index (χ2v) is 6.23. The number of carbonyl (C=O) groups is 1. The van der Waals surface area contributed by atoms with Crippen LogP contribution in [0.4, 0.5) is 13.2 Å². The molecule has 2 N–H and O–H groups in total. The standard InChI is InChI=1S/C18H20F3N5O2/c19-18(20,21)15(26-8-6-22-7-9-26)11-25-17(27)13-2-1-3-14(10-13)28-16-12-23-4-5-24-16/h1-5,10,12,15,22H,6-9,11H2,(H,25,27). The van der Waals surface area contributed by atoms with Crippen molar-refractivity contribution in [3.05, 3.63) is 48.4 Å². The molecule has 1 unspecified atom stereocenters. The Bertz CT molecular complexity index is 782. The van der Waals surface area contributed by atoms with Gasteiger partial charge >= 0.3 is 6.18 Å². The number of ether oxygens (including phenoxy) is 1. The van der Waals surface area contributed by atoms with Gasteiger partial charge in [-0.2, -0.15) is 13.2 Å². The summed E-state index contributed by atoms with van der Waals surface area (Å²) < 4.78 is 45.7. The van der Waals surface area contributed by atoms with Crippen LogP contribution in [0.15, 0.2) is 42.9 Å². The van der Waals surface area contributed by atoms with E-state index in [4.69, 9.17) is 4.74 Å². The molecule has 1 aliphatic heterocycles. The molecule has 10 heteroatoms. The van der Waals surface area contributed by atoms with Gasteiger partial charge in [-0.15, -0.1) is 0 Å². The molecule has 1 saturated heterocycles. The van der Waals surface area contributed by atoms with Crippen molar-refractivity contribution >= 4 is 5.91 Å². The van der Waals surface area contributed by atoms with Crippen LogP contribution in [0, 0.1) is 0 Å². The molecule has 0 radical (unpaired) electrons. The maximum Gasteiger partial charge on any atom is 0.405 e. The summed E-state index contributed by atoms with van der Waals surface area (Å²) >= 11 is 0. The third-order valence-electron chi connectivity index (χ3n) is 4.28. The van der Waals surface area contributed by atoms with Crippen molar-refractivity contribution in [2.45, 2.75) is 12.2 Å². The topological polar surface area (TPSA) is 79.4 Å². The van der Waals surface area contributed by atoms with Crippen LogP contribution in [0.1, 0.15) is 10.4 Å². The molecule has 1 amide bonds. The first-order valence-electron chi connectivity index (χ1n) is 8.77. The minimum absolute atomic E-state index is 0.197. The number of benzene rings is 1. The lowest BCUT2D eigenvalue weighted by molar-refractivity contribution is -0.183. The van der Waals surface area contributed by atoms with Crippen molar-refractivity contribution in [2.75, 3.05) is 32.7 Å². The number of hydrogen-bond donors (Lipinski definition) is 2. The maximum absolute atomic E-state index is 13.4. The Morgan fingerprint density at radius 1 is 1.29 bits per heavy atom. The maximum atomic E-state index is 13.4. The van der Waals surface area contributed by atoms with Gasteiger partial charge in [0.05, 0.1) is 6.20 Å². The minimum atomic E-state index is -4.43. The lowest BCUT2D eigenvalue weighted by atomic mass is 10.1. The quantitative estimate of drug-likeness (QED) is 0.777. The fourth-order valence-electron chi connectivity index (χ4n) is 2.90. The highest BCUT2D eigenvalue weighted by Crippen LogP contribution is 2.25. The third-order valence-corrected chi connectivity index (χ3v) is 4.28. The molecule has 1 atom stereocenters. The molecule has 2 aromatic rings. The van der Waals surface area contributed by atoms with E-state index < -0.39 is 24.7 Å². The molecule has 0 bridgehead atoms. The Balaban J connectivity index is 1.64. The SMILES string of the molecule is O=C(NCC(N1CCNCC1)C(F)(F)F)c1cccc(Oc2cnccn2)c1. The molecular formula is C18H20F3N5O2. The molecule has 1 fully saturated rings. The molecule has 28 heavy (non-hydrogen) atoms. The van der Waals surface area contributed by atoms with Gasteiger partial charge in [0, 0.05) is 50.7 Å². The van der Waals surface area contributed by atoms with Crippen molar-refractivity contribution in [3.63, 3.8) is 0 Å². The van der Waals surface area contributed by atoms with E-state index in [0.717, 1.165) is 0 Å². The molecule has 150 valence electrons. The fraction of sp³-hybridized carbons (Fsp3) is 0.389. The molecule has 0 spiro atoms. The molecule has 0 saturated carbocycles. The summed E-state index contributed by atoms with van der Waals surface area (Å²) in [5, 5.41) is 5.41. The normalized spacial score (nSPS) is 16.4. The van der Waals surface area contributed by atoms with Crippen LogP contribution in [-0.2, 0) is 0 Å². The van der Waals surface area contributed by atoms with E-state index in [0.29, 0.717) is 18.8 Å². The lowest BCUT2D eigenvalue weighted by Gasteiger charge is -2.35. The first-order valence-corrected chi connectivity index (χ1v) is 8.77. The summed E-state index contributed by atoms with van der Waals surface area (Å²) in [6, 6.07) is 4.42. The Morgan fingerprint density at radius 2 is 2.07 bits per heavy atom. The molecule has 2 heterocycles. The number of piperazine rings is 1. The first-order chi connectivity index (χ1) is 13.4. The number of nitrogens with one attached hydrogen (secondary N) is 2. The van der Waals surface area contributed by atoms with E-state index in [9.17, 15) is 18.0 Å². The van der Waals surface area contributed by atoms with Crippen LogP contribution in [0.25, 0.3) is 0 Å². The van der Waals surface area contributed by atoms with E-state index in [1.807, 2.05) is 0 Å². The van der Waals surface area contributed by atoms with Crippen LogP contribution in [0.5, 0.6) is 11.6 Å². The van der Waals surface area contributed by atoms with Crippen LogP contribution in [-0.4, -0.2) is 65.7 Å². The number of halogens is 3. The van der Waals surface area contributed by atoms with Gasteiger partial charge in [0.25, 0.3) is 5.91 Å². The molecular weight excluding hydrogens is 375 g/mol. The summed E-state index contributed by atoms with van der Waals surface area (Å²) in [4.78, 5) is 21.5. The highest BCUT2D eigenvalue weighted by Gasteiger charge is 2.43. The fourth-order valence-corrected chi connectivity index (χ4v) is 2.90. The minimum Gasteiger partial charge on any atom is -0.437 e. The van der Waals surface area contributed by atoms with Crippen molar-refractivity contribution < 1.29 is 22.7 Å². The molecule has 0 aliphatic carbocycles. The van der Waals surface area contributed by atoms with Gasteiger partial charge < -0.3 is 15.4 Å². The smallest absolute Gasteiger partial charge is 0.405 e. The Labute approximate surface area is 159 Å². The largest absolute Gasteiger partial charge is 0.437 e. The van der Waals surface area contributed by atoms with Crippen LogP contribution >= 0.6 is 0 Å². The van der Waals surface area contributed by atoms with Gasteiger partial charge in [0.2, 0.25) is 5.88 Å². The van der Waals surface area contributed by atoms with E-state index in [-0.39, 0.29) is 24.5 Å². The van der Waals surface area contributed by atoms with Gasteiger partial charge in [-0.3, -0.25) is 14.7 Å². The highest BCUT2D eigenvalue weighted by molar-refractivity contribution is 5.94. The monoisotopic (exact) mass is 395 g/mol. The highest BCUT2D eigenvalue weighted by atomic mass is 19.4. The van der Waals surface area contributed by atoms with Crippen molar-refractivity contribution in [2.24, 2.45) is 0 Å². The number of nitrogens with zero attached hydrogens (tertiary/aromatic N) is 3. The van der Waals surface area contributed by atoms with Crippen molar-refractivity contribution in [1.29, 1.82) is 0 Å². The average molecular weight is 395 g/mol. The number of rotatable bonds is 6. The molecule has 1 aliphatic rings. The number of aromatic nitrogens is 2. The van der Waals surface area contributed by atoms with Gasteiger partial charge in [-0.1, -0.05) is 6.07 Å². The zero-order valence-corrected chi connectivity index (χ0v) is 14.9. The number of amides is 1. The van der Waals surface area contributed by atoms with Gasteiger partial charge in [0.1, 0.15) is 11.8 Å². The van der Waals surface area contributed by atoms with E-state index in [1.54, 1.807) is 12.1 Å². The molecule has 1 aromatic carbocycles. The summed E-state index contributed by atoms with van der Waals surface area (Å²) in [6.45, 7) is 1.02. The van der Waals surface area contributed by atoms with E-state index >= 15 is 0 Å². The van der Waals surface area contributed by atoms with E-state index in [1.165, 1.54) is 35.6 Å². The van der Waals surface area contributed by atoms with Crippen molar-refractivity contribution in [3.8, 4) is 11.6 Å². The van der Waals surface area contributed by atoms with E-state index in [2.05, 4.69) is 20.6 Å². The number of alkyl halides is 3. The number of hydrogen-bond acceptors (Lipinski definition) is 6. The second kappa shape index (κ2) is 8.98. The lowest BCUT2D eigenvalue weighted by Crippen LogP contribution is -2.57. The van der Waals surface area contributed by atoms with Gasteiger partial charge in [0.15, 0.2) is 0 Å². The summed E-state index contributed by atoms with van der Waals surface area (Å²) in [6.07, 6.45) is -0.0683. The Hall–Kier alpha value is -2.72. The molecule has 7 nitrogen and oxygen atoms in total. The van der Waals surface area contributed by atoms with Gasteiger partial charge in [-0.05, 0) is 18.2 Å². The van der Waals surface area contributed by atoms with Crippen LogP contribution in [0.2, 0.25) is 0 Å². The van der Waals surface area contributed by atoms with Crippen molar-refractivity contribution in [1.82, 2.24) is 25.5 Å². The summed E-state index contributed by atoms with van der Waals surface area (Å²) in [5.74, 6) is -0.0208. The Morgan fingerprint density at radius 3 is 2.75 bits per heavy atom. The zero-order valence-electron chi connectivity index (χ0n) is 14.9. The summed E-state index contributed by atoms with van der Waals surface area (Å²) in [5.41, 5.74) is 0.197. The molecule has 3 rings (SSSR count). The molecule has 1 aromatic heterocycles. The Kier molecular flexibility index (Phi) is 6.42. The van der Waals surface area contributed by atoms with Crippen LogP contribution < -0.4 is 15.4 Å². The predicted molar refractivity (Wildman–Crippen MR) is 95.2 cm³/mol. The number of carbonyl (C=O) groups excluding carboxylic acids is 1. The second-order valence-electron chi connectivity index (χ2n) is 6.23. The first kappa shape index (κ1) is 20.0. The summed E-state index contributed by atoms with van der Waals surface area (Å²) in [7, 11) is 0. The third kappa shape index (κ3) is 5.40.